The van der Waals surface area contributed by atoms with E-state index in [1.54, 1.807) is 12.1 Å². The highest BCUT2D eigenvalue weighted by Crippen LogP contribution is 2.52. The van der Waals surface area contributed by atoms with Crippen LogP contribution in [0.25, 0.3) is 0 Å². The first kappa shape index (κ1) is 45.1. The van der Waals surface area contributed by atoms with E-state index in [9.17, 15) is 49.8 Å². The van der Waals surface area contributed by atoms with Gasteiger partial charge in [-0.25, -0.2) is 0 Å². The smallest absolute Gasteiger partial charge is 0.309 e. The van der Waals surface area contributed by atoms with Crippen LogP contribution in [0.1, 0.15) is 176 Å². The van der Waals surface area contributed by atoms with Crippen LogP contribution in [0, 0.1) is 21.7 Å². The lowest BCUT2D eigenvalue weighted by Crippen LogP contribution is -2.14. The Morgan fingerprint density at radius 1 is 0.433 bits per heavy atom. The predicted molar refractivity (Wildman–Crippen MR) is 223 cm³/mol. The number of hydrogen-bond donors (Lipinski definition) is 6. The van der Waals surface area contributed by atoms with E-state index in [1.807, 2.05) is 12.1 Å². The van der Waals surface area contributed by atoms with E-state index in [-0.39, 0.29) is 17.2 Å². The van der Waals surface area contributed by atoms with Gasteiger partial charge in [0.2, 0.25) is 5.75 Å². The number of carbonyl (C=O) groups is 4. The van der Waals surface area contributed by atoms with Crippen LogP contribution < -0.4 is 9.78 Å². The Hall–Kier alpha value is -4.48. The number of carboxylic acid groups (broad SMARTS) is 4. The van der Waals surface area contributed by atoms with Gasteiger partial charge in [-0.1, -0.05) is 63.5 Å². The third-order valence-electron chi connectivity index (χ3n) is 14.4. The molecule has 12 heteroatoms. The van der Waals surface area contributed by atoms with Gasteiger partial charge < -0.3 is 30.6 Å². The number of hydrogen-bond acceptors (Lipinski definition) is 8. The van der Waals surface area contributed by atoms with Gasteiger partial charge in [0.1, 0.15) is 5.75 Å². The first-order valence-electron chi connectivity index (χ1n) is 22.7. The molecule has 0 unspecified atom stereocenters. The highest BCUT2D eigenvalue weighted by Gasteiger charge is 2.51. The molecule has 4 aliphatic rings. The van der Waals surface area contributed by atoms with Gasteiger partial charge in [-0.2, -0.15) is 0 Å². The van der Waals surface area contributed by atoms with Crippen molar-refractivity contribution >= 4 is 23.9 Å². The zero-order valence-electron chi connectivity index (χ0n) is 35.2. The summed E-state index contributed by atoms with van der Waals surface area (Å²) in [4.78, 5) is 58.8. The van der Waals surface area contributed by atoms with Crippen LogP contribution in [-0.2, 0) is 44.9 Å². The lowest BCUT2D eigenvalue weighted by Gasteiger charge is -2.18. The minimum absolute atomic E-state index is 0.0242. The van der Waals surface area contributed by atoms with Crippen LogP contribution in [0.2, 0.25) is 0 Å². The second kappa shape index (κ2) is 19.5. The molecule has 4 fully saturated rings. The fourth-order valence-electron chi connectivity index (χ4n) is 9.07. The zero-order valence-corrected chi connectivity index (χ0v) is 35.2. The van der Waals surface area contributed by atoms with Crippen molar-refractivity contribution in [3.63, 3.8) is 0 Å². The van der Waals surface area contributed by atoms with E-state index in [0.717, 1.165) is 89.0 Å². The molecule has 6 rings (SSSR count). The van der Waals surface area contributed by atoms with Crippen molar-refractivity contribution < 1.29 is 59.6 Å². The zero-order chi connectivity index (χ0) is 43.0. The average Bonchev–Trinajstić information content (AvgIpc) is 4.01. The van der Waals surface area contributed by atoms with Gasteiger partial charge >= 0.3 is 23.9 Å². The van der Waals surface area contributed by atoms with Crippen molar-refractivity contribution in [1.29, 1.82) is 0 Å². The topological polar surface area (TPSA) is 208 Å². The maximum absolute atomic E-state index is 11.8. The number of rotatable bonds is 31. The van der Waals surface area contributed by atoms with Gasteiger partial charge in [0, 0.05) is 11.1 Å². The first-order chi connectivity index (χ1) is 28.7. The number of aryl methyl sites for hydroxylation is 4. The molecule has 60 heavy (non-hydrogen) atoms. The van der Waals surface area contributed by atoms with Gasteiger partial charge in [0.25, 0.3) is 0 Å². The molecule has 2 aromatic rings. The molecular formula is C48H66O12. The molecule has 4 aliphatic carbocycles. The Kier molecular flexibility index (Phi) is 14.6. The second-order valence-corrected chi connectivity index (χ2v) is 18.9. The fraction of sp³-hybridized carbons (Fsp3) is 0.667. The molecule has 0 amide bonds. The second-order valence-electron chi connectivity index (χ2n) is 18.9. The van der Waals surface area contributed by atoms with Crippen LogP contribution in [0.4, 0.5) is 0 Å². The Morgan fingerprint density at radius 3 is 1.22 bits per heavy atom. The van der Waals surface area contributed by atoms with E-state index in [4.69, 9.17) is 9.78 Å². The molecule has 0 atom stereocenters. The SMILES string of the molecule is O=C(O)C1(CCCCCCc2cc(OOc3c(CCCCCCC4(C(=O)O)CC4)ccc(CCCCC4(C(=O)O)CC4)c3O)c(CCCCC3(C(=O)O)CC3)cc2O)CC1. The number of phenolic OH excluding ortho intramolecular Hbond substituents is 2. The largest absolute Gasteiger partial charge is 0.508 e. The number of benzene rings is 2. The Balaban J connectivity index is 1.12. The number of carboxylic acids is 4. The maximum Gasteiger partial charge on any atom is 0.309 e. The van der Waals surface area contributed by atoms with E-state index in [1.165, 1.54) is 0 Å². The van der Waals surface area contributed by atoms with Crippen molar-refractivity contribution in [1.82, 2.24) is 0 Å². The Labute approximate surface area is 353 Å². The molecular weight excluding hydrogens is 769 g/mol. The lowest BCUT2D eigenvalue weighted by atomic mass is 9.95. The fourth-order valence-corrected chi connectivity index (χ4v) is 9.07. The molecule has 2 aromatic carbocycles. The summed E-state index contributed by atoms with van der Waals surface area (Å²) in [5.41, 5.74) is 0.574. The standard InChI is InChI=1S/C48H66O12/c49-37-31-36(16-8-12-22-48(29-30-48)44(57)58)38(32-35(37)15-6-2-4-10-20-46(25-26-46)42(53)54)59-60-40-34(14-5-1-3-9-19-45(23-24-45)41(51)52)18-17-33(39(40)50)13-7-11-21-47(27-28-47)43(55)56/h17-18,31-32,49-50H,1-16,19-30H2,(H,51,52)(H,53,54)(H,55,56)(H,57,58). The highest BCUT2D eigenvalue weighted by atomic mass is 17.2. The number of aromatic hydroxyl groups is 2. The Bertz CT molecular complexity index is 1850. The molecule has 6 N–H and O–H groups in total. The number of phenols is 2. The summed E-state index contributed by atoms with van der Waals surface area (Å²) < 4.78 is 0. The molecule has 0 heterocycles. The van der Waals surface area contributed by atoms with Gasteiger partial charge in [-0.15, -0.1) is 0 Å². The van der Waals surface area contributed by atoms with Crippen molar-refractivity contribution in [2.24, 2.45) is 21.7 Å². The van der Waals surface area contributed by atoms with Crippen LogP contribution >= 0.6 is 0 Å². The normalized spacial score (nSPS) is 18.3. The molecule has 12 nitrogen and oxygen atoms in total. The summed E-state index contributed by atoms with van der Waals surface area (Å²) in [6, 6.07) is 7.32. The van der Waals surface area contributed by atoms with Gasteiger partial charge in [0.15, 0.2) is 11.5 Å². The maximum atomic E-state index is 11.8. The number of unbranched alkanes of at least 4 members (excludes halogenated alkanes) is 8. The average molecular weight is 835 g/mol. The summed E-state index contributed by atoms with van der Waals surface area (Å²) in [5, 5.41) is 61.1. The van der Waals surface area contributed by atoms with E-state index >= 15 is 0 Å². The monoisotopic (exact) mass is 834 g/mol. The molecule has 0 saturated heterocycles. The van der Waals surface area contributed by atoms with Crippen LogP contribution in [-0.4, -0.2) is 54.5 Å². The first-order valence-corrected chi connectivity index (χ1v) is 22.7. The molecule has 0 radical (unpaired) electrons. The van der Waals surface area contributed by atoms with Gasteiger partial charge in [-0.05, 0) is 152 Å². The van der Waals surface area contributed by atoms with Crippen molar-refractivity contribution in [3.05, 3.63) is 46.5 Å². The summed E-state index contributed by atoms with van der Waals surface area (Å²) in [5.74, 6) is -2.13. The van der Waals surface area contributed by atoms with Crippen molar-refractivity contribution in [2.75, 3.05) is 0 Å². The van der Waals surface area contributed by atoms with Gasteiger partial charge in [-0.3, -0.25) is 29.0 Å². The molecule has 0 aromatic heterocycles. The summed E-state index contributed by atoms with van der Waals surface area (Å²) >= 11 is 0. The molecule has 0 spiro atoms. The lowest BCUT2D eigenvalue weighted by molar-refractivity contribution is -0.144. The molecule has 4 saturated carbocycles. The van der Waals surface area contributed by atoms with Crippen molar-refractivity contribution in [3.8, 4) is 23.0 Å². The van der Waals surface area contributed by atoms with Gasteiger partial charge in [0.05, 0.1) is 21.7 Å². The molecule has 0 aliphatic heterocycles. The van der Waals surface area contributed by atoms with E-state index in [2.05, 4.69) is 0 Å². The van der Waals surface area contributed by atoms with Crippen molar-refractivity contribution in [2.45, 2.75) is 180 Å². The summed E-state index contributed by atoms with van der Waals surface area (Å²) in [6.45, 7) is 0. The Morgan fingerprint density at radius 2 is 0.783 bits per heavy atom. The molecule has 330 valence electrons. The van der Waals surface area contributed by atoms with Crippen LogP contribution in [0.5, 0.6) is 23.0 Å². The quantitative estimate of drug-likeness (QED) is 0.0238. The minimum atomic E-state index is -0.745. The highest BCUT2D eigenvalue weighted by molar-refractivity contribution is 5.79. The van der Waals surface area contributed by atoms with Crippen LogP contribution in [0.3, 0.4) is 0 Å². The minimum Gasteiger partial charge on any atom is -0.508 e. The summed E-state index contributed by atoms with van der Waals surface area (Å²) in [6.07, 6.45) is 20.3. The van der Waals surface area contributed by atoms with E-state index < -0.39 is 45.5 Å². The molecule has 0 bridgehead atoms. The number of aliphatic carboxylic acids is 4. The third kappa shape index (κ3) is 11.5. The van der Waals surface area contributed by atoms with E-state index in [0.29, 0.717) is 119 Å². The summed E-state index contributed by atoms with van der Waals surface area (Å²) in [7, 11) is 0. The van der Waals surface area contributed by atoms with Crippen LogP contribution in [0.15, 0.2) is 24.3 Å². The predicted octanol–water partition coefficient (Wildman–Crippen LogP) is 10.3. The third-order valence-corrected chi connectivity index (χ3v) is 14.4.